The van der Waals surface area contributed by atoms with E-state index in [1.807, 2.05) is 13.8 Å². The number of rotatable bonds is 2. The lowest BCUT2D eigenvalue weighted by molar-refractivity contribution is -0.146. The zero-order valence-electron chi connectivity index (χ0n) is 8.77. The molecule has 0 radical (unpaired) electrons. The van der Waals surface area contributed by atoms with Crippen LogP contribution in [0.15, 0.2) is 0 Å². The molecule has 0 heterocycles. The Bertz CT molecular complexity index is 190. The fourth-order valence-electron chi connectivity index (χ4n) is 2.28. The first kappa shape index (κ1) is 10.7. The van der Waals surface area contributed by atoms with E-state index in [1.165, 1.54) is 0 Å². The largest absolute Gasteiger partial charge is 0.307 e. The highest BCUT2D eigenvalue weighted by Crippen LogP contribution is 2.45. The van der Waals surface area contributed by atoms with E-state index in [9.17, 15) is 9.18 Å². The molecule has 0 N–H and O–H groups in total. The lowest BCUT2D eigenvalue weighted by Gasteiger charge is -2.38. The van der Waals surface area contributed by atoms with Crippen molar-refractivity contribution in [2.75, 3.05) is 0 Å². The summed E-state index contributed by atoms with van der Waals surface area (Å²) in [6.07, 6.45) is 3.46. The minimum absolute atomic E-state index is 0.137. The average Bonchev–Trinajstić information content (AvgIpc) is 2.04. The van der Waals surface area contributed by atoms with E-state index in [0.717, 1.165) is 25.7 Å². The summed E-state index contributed by atoms with van der Waals surface area (Å²) in [5.41, 5.74) is -0.646. The van der Waals surface area contributed by atoms with Gasteiger partial charge in [0.2, 0.25) is 0 Å². The molecule has 0 aromatic rings. The van der Waals surface area contributed by atoms with Gasteiger partial charge < -0.3 is 0 Å². The van der Waals surface area contributed by atoms with Gasteiger partial charge in [-0.3, -0.25) is 4.79 Å². The summed E-state index contributed by atoms with van der Waals surface area (Å²) in [5, 5.41) is 0. The van der Waals surface area contributed by atoms with Crippen LogP contribution in [0, 0.1) is 17.3 Å². The maximum atomic E-state index is 13.0. The Kier molecular flexibility index (Phi) is 3.09. The monoisotopic (exact) mass is 186 g/mol. The second kappa shape index (κ2) is 3.77. The molecule has 0 aromatic heterocycles. The number of halogens is 1. The van der Waals surface area contributed by atoms with Crippen LogP contribution in [-0.2, 0) is 4.79 Å². The molecule has 0 unspecified atom stereocenters. The second-order valence-electron chi connectivity index (χ2n) is 4.77. The molecule has 0 aliphatic heterocycles. The number of hydrogen-bond acceptors (Lipinski definition) is 1. The lowest BCUT2D eigenvalue weighted by Crippen LogP contribution is -2.37. The summed E-state index contributed by atoms with van der Waals surface area (Å²) in [4.78, 5) is 11.0. The van der Waals surface area contributed by atoms with Crippen LogP contribution in [0.3, 0.4) is 0 Å². The van der Waals surface area contributed by atoms with E-state index >= 15 is 0 Å². The number of carbonyl (C=O) groups is 1. The highest BCUT2D eigenvalue weighted by molar-refractivity contribution is 5.76. The van der Waals surface area contributed by atoms with E-state index in [0.29, 0.717) is 5.92 Å². The van der Waals surface area contributed by atoms with Gasteiger partial charge in [-0.2, -0.15) is 4.39 Å². The zero-order valence-corrected chi connectivity index (χ0v) is 8.77. The fraction of sp³-hybridized carbons (Fsp3) is 0.909. The normalized spacial score (nSPS) is 35.0. The van der Waals surface area contributed by atoms with Crippen molar-refractivity contribution in [2.24, 2.45) is 17.3 Å². The van der Waals surface area contributed by atoms with Gasteiger partial charge in [0.05, 0.1) is 5.41 Å². The molecule has 0 spiro atoms. The maximum absolute atomic E-state index is 13.0. The van der Waals surface area contributed by atoms with Gasteiger partial charge >= 0.3 is 6.04 Å². The van der Waals surface area contributed by atoms with Crippen molar-refractivity contribution in [3.05, 3.63) is 0 Å². The second-order valence-corrected chi connectivity index (χ2v) is 4.77. The Morgan fingerprint density at radius 2 is 1.85 bits per heavy atom. The summed E-state index contributed by atoms with van der Waals surface area (Å²) in [5.74, 6) is 0.795. The van der Waals surface area contributed by atoms with Crippen molar-refractivity contribution in [2.45, 2.75) is 46.5 Å². The van der Waals surface area contributed by atoms with Gasteiger partial charge in [-0.05, 0) is 37.5 Å². The highest BCUT2D eigenvalue weighted by atomic mass is 19.1. The molecular weight excluding hydrogens is 167 g/mol. The van der Waals surface area contributed by atoms with Crippen LogP contribution in [0.1, 0.15) is 46.5 Å². The van der Waals surface area contributed by atoms with Gasteiger partial charge in [-0.1, -0.05) is 20.8 Å². The minimum atomic E-state index is -1.09. The van der Waals surface area contributed by atoms with Crippen LogP contribution < -0.4 is 0 Å². The molecular formula is C11H19FO. The fourth-order valence-corrected chi connectivity index (χ4v) is 2.28. The molecule has 2 heteroatoms. The molecule has 1 fully saturated rings. The summed E-state index contributed by atoms with van der Waals surface area (Å²) >= 11 is 0. The van der Waals surface area contributed by atoms with E-state index < -0.39 is 11.5 Å². The SMILES string of the molecule is CC1CCC(C(=O)F)(C(C)C)CC1. The zero-order chi connectivity index (χ0) is 10.1. The van der Waals surface area contributed by atoms with Crippen molar-refractivity contribution in [3.63, 3.8) is 0 Å². The van der Waals surface area contributed by atoms with Crippen molar-refractivity contribution in [3.8, 4) is 0 Å². The molecule has 1 saturated carbocycles. The van der Waals surface area contributed by atoms with Crippen LogP contribution in [0.25, 0.3) is 0 Å². The summed E-state index contributed by atoms with van der Waals surface area (Å²) in [6.45, 7) is 6.08. The Morgan fingerprint density at radius 3 is 2.15 bits per heavy atom. The number of hydrogen-bond donors (Lipinski definition) is 0. The van der Waals surface area contributed by atoms with Gasteiger partial charge in [-0.15, -0.1) is 0 Å². The molecule has 1 aliphatic rings. The Morgan fingerprint density at radius 1 is 1.38 bits per heavy atom. The molecule has 1 aliphatic carbocycles. The van der Waals surface area contributed by atoms with Gasteiger partial charge in [-0.25, -0.2) is 0 Å². The van der Waals surface area contributed by atoms with E-state index in [2.05, 4.69) is 6.92 Å². The van der Waals surface area contributed by atoms with Crippen molar-refractivity contribution in [1.82, 2.24) is 0 Å². The standard InChI is InChI=1S/C11H19FO/c1-8(2)11(10(12)13)6-4-9(3)5-7-11/h8-9H,4-7H2,1-3H3. The predicted octanol–water partition coefficient (Wildman–Crippen LogP) is 3.34. The molecule has 13 heavy (non-hydrogen) atoms. The van der Waals surface area contributed by atoms with Gasteiger partial charge in [0, 0.05) is 0 Å². The van der Waals surface area contributed by atoms with Crippen LogP contribution in [0.4, 0.5) is 4.39 Å². The van der Waals surface area contributed by atoms with Crippen LogP contribution in [-0.4, -0.2) is 6.04 Å². The van der Waals surface area contributed by atoms with E-state index in [-0.39, 0.29) is 5.92 Å². The maximum Gasteiger partial charge on any atom is 0.307 e. The molecule has 0 saturated heterocycles. The Labute approximate surface area is 79.7 Å². The Hall–Kier alpha value is -0.400. The first-order valence-corrected chi connectivity index (χ1v) is 5.19. The molecule has 0 aromatic carbocycles. The third-order valence-corrected chi connectivity index (χ3v) is 3.66. The van der Waals surface area contributed by atoms with Gasteiger partial charge in [0.15, 0.2) is 0 Å². The summed E-state index contributed by atoms with van der Waals surface area (Å²) < 4.78 is 13.0. The van der Waals surface area contributed by atoms with Crippen molar-refractivity contribution < 1.29 is 9.18 Å². The molecule has 0 bridgehead atoms. The van der Waals surface area contributed by atoms with Crippen molar-refractivity contribution in [1.29, 1.82) is 0 Å². The number of carbonyl (C=O) groups excluding carboxylic acids is 1. The van der Waals surface area contributed by atoms with Crippen LogP contribution in [0.2, 0.25) is 0 Å². The molecule has 0 atom stereocenters. The molecule has 76 valence electrons. The molecule has 1 rings (SSSR count). The van der Waals surface area contributed by atoms with Crippen molar-refractivity contribution >= 4 is 6.04 Å². The third kappa shape index (κ3) is 1.92. The van der Waals surface area contributed by atoms with Gasteiger partial charge in [0.1, 0.15) is 0 Å². The predicted molar refractivity (Wildman–Crippen MR) is 51.0 cm³/mol. The lowest BCUT2D eigenvalue weighted by atomic mass is 9.65. The Balaban J connectivity index is 2.75. The highest BCUT2D eigenvalue weighted by Gasteiger charge is 2.43. The third-order valence-electron chi connectivity index (χ3n) is 3.66. The summed E-state index contributed by atoms with van der Waals surface area (Å²) in [7, 11) is 0. The average molecular weight is 186 g/mol. The quantitative estimate of drug-likeness (QED) is 0.604. The van der Waals surface area contributed by atoms with E-state index in [4.69, 9.17) is 0 Å². The first-order chi connectivity index (χ1) is 5.99. The molecule has 1 nitrogen and oxygen atoms in total. The first-order valence-electron chi connectivity index (χ1n) is 5.19. The van der Waals surface area contributed by atoms with Crippen LogP contribution in [0.5, 0.6) is 0 Å². The van der Waals surface area contributed by atoms with Gasteiger partial charge in [0.25, 0.3) is 0 Å². The van der Waals surface area contributed by atoms with E-state index in [1.54, 1.807) is 0 Å². The minimum Gasteiger partial charge on any atom is -0.261 e. The van der Waals surface area contributed by atoms with Crippen LogP contribution >= 0.6 is 0 Å². The molecule has 0 amide bonds. The topological polar surface area (TPSA) is 17.1 Å². The smallest absolute Gasteiger partial charge is 0.261 e. The summed E-state index contributed by atoms with van der Waals surface area (Å²) in [6, 6.07) is -1.09.